The van der Waals surface area contributed by atoms with E-state index in [0.29, 0.717) is 19.8 Å². The number of hydrogen-bond acceptors (Lipinski definition) is 5. The van der Waals surface area contributed by atoms with Crippen molar-refractivity contribution < 1.29 is 27.5 Å². The van der Waals surface area contributed by atoms with E-state index in [1.54, 1.807) is 6.92 Å². The molecule has 1 aliphatic carbocycles. The molecule has 0 spiro atoms. The Morgan fingerprint density at radius 1 is 1.21 bits per heavy atom. The van der Waals surface area contributed by atoms with Crippen LogP contribution in [0.4, 0.5) is 24.5 Å². The van der Waals surface area contributed by atoms with Gasteiger partial charge in [-0.25, -0.2) is 0 Å². The monoisotopic (exact) mass is 468 g/mol. The van der Waals surface area contributed by atoms with Gasteiger partial charge < -0.3 is 15.4 Å². The van der Waals surface area contributed by atoms with Gasteiger partial charge >= 0.3 is 6.18 Å². The van der Waals surface area contributed by atoms with Crippen LogP contribution in [0.25, 0.3) is 0 Å². The molecule has 4 rings (SSSR count). The van der Waals surface area contributed by atoms with Crippen LogP contribution >= 0.6 is 0 Å². The van der Waals surface area contributed by atoms with Crippen molar-refractivity contribution in [3.05, 3.63) is 23.8 Å². The van der Waals surface area contributed by atoms with Crippen molar-refractivity contribution in [1.29, 1.82) is 0 Å². The number of nitrogens with zero attached hydrogens (tertiary/aromatic N) is 2. The average molecular weight is 469 g/mol. The van der Waals surface area contributed by atoms with Crippen LogP contribution in [0, 0.1) is 0 Å². The molecule has 2 aliphatic heterocycles. The maximum atomic E-state index is 13.3. The number of alkyl halides is 3. The van der Waals surface area contributed by atoms with Gasteiger partial charge in [0.2, 0.25) is 11.8 Å². The highest BCUT2D eigenvalue weighted by atomic mass is 19.4. The fraction of sp³-hybridized carbons (Fsp3) is 0.652. The van der Waals surface area contributed by atoms with Crippen molar-refractivity contribution in [2.45, 2.75) is 56.8 Å². The summed E-state index contributed by atoms with van der Waals surface area (Å²) in [5.74, 6) is -0.849. The Morgan fingerprint density at radius 3 is 2.58 bits per heavy atom. The van der Waals surface area contributed by atoms with Crippen LogP contribution in [0.5, 0.6) is 0 Å². The van der Waals surface area contributed by atoms with Crippen LogP contribution in [0.15, 0.2) is 18.2 Å². The topological polar surface area (TPSA) is 73.9 Å². The summed E-state index contributed by atoms with van der Waals surface area (Å²) in [6.45, 7) is 5.30. The fourth-order valence-electron chi connectivity index (χ4n) is 5.18. The molecule has 0 radical (unpaired) electrons. The van der Waals surface area contributed by atoms with E-state index in [0.717, 1.165) is 50.9 Å². The van der Waals surface area contributed by atoms with Crippen LogP contribution < -0.4 is 15.5 Å². The molecule has 0 aromatic heterocycles. The van der Waals surface area contributed by atoms with Gasteiger partial charge in [0, 0.05) is 25.2 Å². The Labute approximate surface area is 191 Å². The van der Waals surface area contributed by atoms with Crippen LogP contribution in [-0.2, 0) is 20.5 Å². The highest BCUT2D eigenvalue weighted by Gasteiger charge is 2.40. The summed E-state index contributed by atoms with van der Waals surface area (Å²) < 4.78 is 44.8. The summed E-state index contributed by atoms with van der Waals surface area (Å²) in [5, 5.41) is 5.84. The second-order valence-electron chi connectivity index (χ2n) is 9.19. The molecule has 7 nitrogen and oxygen atoms in total. The molecular weight excluding hydrogens is 437 g/mol. The predicted octanol–water partition coefficient (Wildman–Crippen LogP) is 3.00. The molecule has 2 heterocycles. The molecule has 1 aromatic carbocycles. The third kappa shape index (κ3) is 5.17. The zero-order chi connectivity index (χ0) is 23.6. The Kier molecular flexibility index (Phi) is 6.97. The smallest absolute Gasteiger partial charge is 0.379 e. The second kappa shape index (κ2) is 9.60. The normalized spacial score (nSPS) is 22.4. The average Bonchev–Trinajstić information content (AvgIpc) is 2.81. The van der Waals surface area contributed by atoms with E-state index in [1.165, 1.54) is 17.4 Å². The first-order valence-electron chi connectivity index (χ1n) is 11.6. The minimum atomic E-state index is -4.53. The van der Waals surface area contributed by atoms with E-state index in [1.807, 2.05) is 0 Å². The maximum Gasteiger partial charge on any atom is 0.416 e. The van der Waals surface area contributed by atoms with E-state index >= 15 is 0 Å². The minimum absolute atomic E-state index is 0.00121. The van der Waals surface area contributed by atoms with Gasteiger partial charge in [-0.3, -0.25) is 19.4 Å². The lowest BCUT2D eigenvalue weighted by molar-refractivity contribution is -0.137. The molecule has 3 aliphatic rings. The van der Waals surface area contributed by atoms with Crippen molar-refractivity contribution >= 4 is 23.2 Å². The second-order valence-corrected chi connectivity index (χ2v) is 9.19. The Balaban J connectivity index is 1.48. The lowest BCUT2D eigenvalue weighted by Crippen LogP contribution is -2.61. The number of benzene rings is 1. The highest BCUT2D eigenvalue weighted by Crippen LogP contribution is 2.37. The van der Waals surface area contributed by atoms with Gasteiger partial charge in [-0.1, -0.05) is 19.3 Å². The van der Waals surface area contributed by atoms with Crippen LogP contribution in [0.2, 0.25) is 0 Å². The van der Waals surface area contributed by atoms with Gasteiger partial charge in [-0.15, -0.1) is 0 Å². The van der Waals surface area contributed by atoms with Gasteiger partial charge in [0.05, 0.1) is 36.2 Å². The number of halogens is 3. The van der Waals surface area contributed by atoms with E-state index in [4.69, 9.17) is 4.74 Å². The first kappa shape index (κ1) is 24.0. The van der Waals surface area contributed by atoms with Crippen molar-refractivity contribution in [3.8, 4) is 0 Å². The summed E-state index contributed by atoms with van der Waals surface area (Å²) in [7, 11) is 0. The van der Waals surface area contributed by atoms with Gasteiger partial charge in [0.1, 0.15) is 6.54 Å². The number of hydrogen-bond donors (Lipinski definition) is 2. The van der Waals surface area contributed by atoms with E-state index in [-0.39, 0.29) is 29.4 Å². The third-order valence-electron chi connectivity index (χ3n) is 7.03. The number of carbonyl (C=O) groups is 2. The molecule has 1 saturated carbocycles. The number of nitrogens with one attached hydrogen (secondary N) is 2. The molecule has 1 atom stereocenters. The maximum absolute atomic E-state index is 13.3. The standard InChI is InChI=1S/C23H31F3N4O3/c1-16(27-15-22(7-3-2-4-8-22)29-9-11-33-12-10-29)21(32)30-14-20(31)28-18-13-17(23(24,25)26)5-6-19(18)30/h5-6,13,16,27H,2-4,7-12,14-15H2,1H3,(H,28,31)/t16-/m0/s1. The molecule has 1 saturated heterocycles. The molecular formula is C23H31F3N4O3. The van der Waals surface area contributed by atoms with Gasteiger partial charge in [0.25, 0.3) is 0 Å². The number of ether oxygens (including phenoxy) is 1. The lowest BCUT2D eigenvalue weighted by atomic mass is 9.79. The van der Waals surface area contributed by atoms with Crippen molar-refractivity contribution in [1.82, 2.24) is 10.2 Å². The Hall–Kier alpha value is -2.17. The molecule has 33 heavy (non-hydrogen) atoms. The van der Waals surface area contributed by atoms with Gasteiger partial charge in [0.15, 0.2) is 0 Å². The Morgan fingerprint density at radius 2 is 1.91 bits per heavy atom. The first-order chi connectivity index (χ1) is 15.7. The lowest BCUT2D eigenvalue weighted by Gasteiger charge is -2.48. The SMILES string of the molecule is C[C@H](NCC1(N2CCOCC2)CCCCC1)C(=O)N1CC(=O)Nc2cc(C(F)(F)F)ccc21. The molecule has 2 amide bonds. The summed E-state index contributed by atoms with van der Waals surface area (Å²) >= 11 is 0. The van der Waals surface area contributed by atoms with Gasteiger partial charge in [-0.05, 0) is 38.0 Å². The zero-order valence-electron chi connectivity index (χ0n) is 18.8. The molecule has 10 heteroatoms. The van der Waals surface area contributed by atoms with Crippen molar-refractivity contribution in [2.75, 3.05) is 49.6 Å². The van der Waals surface area contributed by atoms with Crippen molar-refractivity contribution in [3.63, 3.8) is 0 Å². The quantitative estimate of drug-likeness (QED) is 0.695. The third-order valence-corrected chi connectivity index (χ3v) is 7.03. The Bertz CT molecular complexity index is 880. The molecule has 182 valence electrons. The van der Waals surface area contributed by atoms with Crippen LogP contribution in [0.3, 0.4) is 0 Å². The van der Waals surface area contributed by atoms with E-state index in [9.17, 15) is 22.8 Å². The molecule has 2 N–H and O–H groups in total. The summed E-state index contributed by atoms with van der Waals surface area (Å²) in [6, 6.07) is 2.47. The number of carbonyl (C=O) groups excluding carboxylic acids is 2. The molecule has 0 bridgehead atoms. The fourth-order valence-corrected chi connectivity index (χ4v) is 5.18. The number of rotatable bonds is 5. The van der Waals surface area contributed by atoms with Crippen LogP contribution in [-0.4, -0.2) is 67.7 Å². The summed E-state index contributed by atoms with van der Waals surface area (Å²) in [4.78, 5) is 29.2. The minimum Gasteiger partial charge on any atom is -0.379 e. The first-order valence-corrected chi connectivity index (χ1v) is 11.6. The zero-order valence-corrected chi connectivity index (χ0v) is 18.8. The molecule has 0 unspecified atom stereocenters. The number of anilines is 2. The van der Waals surface area contributed by atoms with E-state index in [2.05, 4.69) is 15.5 Å². The summed E-state index contributed by atoms with van der Waals surface area (Å²) in [6.07, 6.45) is 1.06. The van der Waals surface area contributed by atoms with Crippen molar-refractivity contribution in [2.24, 2.45) is 0 Å². The van der Waals surface area contributed by atoms with E-state index < -0.39 is 23.7 Å². The highest BCUT2D eigenvalue weighted by molar-refractivity contribution is 6.11. The van der Waals surface area contributed by atoms with Gasteiger partial charge in [-0.2, -0.15) is 13.2 Å². The largest absolute Gasteiger partial charge is 0.416 e. The molecule has 2 fully saturated rings. The van der Waals surface area contributed by atoms with Crippen LogP contribution in [0.1, 0.15) is 44.6 Å². The number of morpholine rings is 1. The molecule has 1 aromatic rings. The predicted molar refractivity (Wildman–Crippen MR) is 118 cm³/mol. The number of fused-ring (bicyclic) bond motifs is 1. The summed E-state index contributed by atoms with van der Waals surface area (Å²) in [5.41, 5.74) is -0.623. The number of amides is 2.